The van der Waals surface area contributed by atoms with E-state index in [1.54, 1.807) is 6.07 Å². The summed E-state index contributed by atoms with van der Waals surface area (Å²) in [4.78, 5) is 5.12. The highest BCUT2D eigenvalue weighted by molar-refractivity contribution is 7.90. The van der Waals surface area contributed by atoms with E-state index in [0.29, 0.717) is 12.1 Å². The van der Waals surface area contributed by atoms with Gasteiger partial charge >= 0.3 is 0 Å². The predicted octanol–water partition coefficient (Wildman–Crippen LogP) is 5.13. The highest BCUT2D eigenvalue weighted by Crippen LogP contribution is 2.32. The number of aromatic nitrogens is 1. The molecule has 3 aromatic rings. The van der Waals surface area contributed by atoms with Crippen molar-refractivity contribution in [3.63, 3.8) is 0 Å². The first-order valence-electron chi connectivity index (χ1n) is 10.4. The van der Waals surface area contributed by atoms with Crippen molar-refractivity contribution in [2.24, 2.45) is 0 Å². The summed E-state index contributed by atoms with van der Waals surface area (Å²) >= 11 is 1.19. The lowest BCUT2D eigenvalue weighted by molar-refractivity contribution is 0.00766. The smallest absolute Gasteiger partial charge is 0.189 e. The molecular weight excluding hydrogens is 471 g/mol. The van der Waals surface area contributed by atoms with Crippen LogP contribution in [-0.4, -0.2) is 30.4 Å². The van der Waals surface area contributed by atoms with Crippen LogP contribution in [0.5, 0.6) is 0 Å². The van der Waals surface area contributed by atoms with E-state index in [9.17, 15) is 21.6 Å². The maximum absolute atomic E-state index is 14.7. The third kappa shape index (κ3) is 5.07. The molecule has 0 spiro atoms. The molecule has 0 aliphatic carbocycles. The number of likely N-dealkylation sites (tertiary alicyclic amines) is 1. The minimum atomic E-state index is -4.26. The number of thiazole rings is 1. The van der Waals surface area contributed by atoms with Crippen molar-refractivity contribution in [2.45, 2.75) is 49.5 Å². The minimum absolute atomic E-state index is 0.0000751. The first-order valence-corrected chi connectivity index (χ1v) is 13.0. The number of halogens is 3. The lowest BCUT2D eigenvalue weighted by Gasteiger charge is -2.48. The largest absolute Gasteiger partial charge is 0.381 e. The molecule has 0 amide bonds. The maximum atomic E-state index is 14.7. The van der Waals surface area contributed by atoms with Crippen molar-refractivity contribution < 1.29 is 21.6 Å². The summed E-state index contributed by atoms with van der Waals surface area (Å²) in [7, 11) is -4.26. The number of nitrogens with zero attached hydrogens (tertiary/aromatic N) is 2. The Morgan fingerprint density at radius 2 is 1.88 bits per heavy atom. The highest BCUT2D eigenvalue weighted by Gasteiger charge is 2.35. The normalized spacial score (nSPS) is 15.9. The molecule has 1 aliphatic heterocycles. The second kappa shape index (κ2) is 9.08. The van der Waals surface area contributed by atoms with Gasteiger partial charge in [-0.25, -0.2) is 26.6 Å². The minimum Gasteiger partial charge on any atom is -0.381 e. The molecule has 1 aliphatic rings. The molecule has 0 saturated carbocycles. The molecule has 0 radical (unpaired) electrons. The van der Waals surface area contributed by atoms with E-state index < -0.39 is 37.9 Å². The molecule has 4 rings (SSSR count). The Bertz CT molecular complexity index is 1240. The van der Waals surface area contributed by atoms with Gasteiger partial charge in [0.25, 0.3) is 0 Å². The monoisotopic (exact) mass is 495 g/mol. The van der Waals surface area contributed by atoms with Gasteiger partial charge in [-0.2, -0.15) is 0 Å². The van der Waals surface area contributed by atoms with Crippen LogP contribution in [0.25, 0.3) is 0 Å². The first-order chi connectivity index (χ1) is 15.6. The molecule has 0 bridgehead atoms. The topological polar surface area (TPSA) is 62.3 Å². The van der Waals surface area contributed by atoms with Gasteiger partial charge in [-0.3, -0.25) is 4.90 Å². The van der Waals surface area contributed by atoms with Crippen LogP contribution >= 0.6 is 11.3 Å². The summed E-state index contributed by atoms with van der Waals surface area (Å²) in [6.07, 6.45) is 1.06. The average Bonchev–Trinajstić information content (AvgIpc) is 3.22. The fourth-order valence-electron chi connectivity index (χ4n) is 3.89. The van der Waals surface area contributed by atoms with E-state index in [1.807, 2.05) is 6.07 Å². The van der Waals surface area contributed by atoms with Crippen LogP contribution in [0, 0.1) is 17.5 Å². The van der Waals surface area contributed by atoms with Gasteiger partial charge in [-0.05, 0) is 44.0 Å². The van der Waals surface area contributed by atoms with Crippen LogP contribution in [0.2, 0.25) is 0 Å². The van der Waals surface area contributed by atoms with E-state index in [4.69, 9.17) is 0 Å². The Morgan fingerprint density at radius 3 is 2.45 bits per heavy atom. The number of hydrogen-bond acceptors (Lipinski definition) is 6. The van der Waals surface area contributed by atoms with Crippen molar-refractivity contribution in [1.29, 1.82) is 0 Å². The zero-order chi connectivity index (χ0) is 23.8. The van der Waals surface area contributed by atoms with Crippen LogP contribution in [0.1, 0.15) is 37.1 Å². The zero-order valence-corrected chi connectivity index (χ0v) is 19.9. The van der Waals surface area contributed by atoms with E-state index in [0.717, 1.165) is 30.7 Å². The molecular formula is C23H24F3N3O2S2. The molecule has 0 atom stereocenters. The van der Waals surface area contributed by atoms with E-state index >= 15 is 0 Å². The van der Waals surface area contributed by atoms with Crippen LogP contribution in [0.15, 0.2) is 46.1 Å². The summed E-state index contributed by atoms with van der Waals surface area (Å²) in [5.74, 6) is -3.42. The number of anilines is 1. The molecule has 1 saturated heterocycles. The van der Waals surface area contributed by atoms with Crippen molar-refractivity contribution in [2.75, 3.05) is 11.9 Å². The van der Waals surface area contributed by atoms with Crippen LogP contribution in [-0.2, 0) is 28.7 Å². The Balaban J connectivity index is 1.53. The van der Waals surface area contributed by atoms with Gasteiger partial charge in [0, 0.05) is 41.8 Å². The van der Waals surface area contributed by atoms with Gasteiger partial charge in [0.1, 0.15) is 22.3 Å². The number of nitrogens with one attached hydrogen (secondary N) is 1. The highest BCUT2D eigenvalue weighted by atomic mass is 32.2. The summed E-state index contributed by atoms with van der Waals surface area (Å²) in [6, 6.07) is 6.65. The standard InChI is InChI=1S/C23H24F3N3O2S2/c1-23(2)6-7-29(23)11-15-4-3-5-19(24)18(15)10-27-16-8-20(25)22(21(26)9-16)33(30,31)13-17-12-32-14-28-17/h3-5,8-9,12,14,27H,6-7,10-11,13H2,1-2H3. The van der Waals surface area contributed by atoms with Crippen molar-refractivity contribution in [3.8, 4) is 0 Å². The van der Waals surface area contributed by atoms with Gasteiger partial charge < -0.3 is 5.32 Å². The number of hydrogen-bond donors (Lipinski definition) is 1. The second-order valence-corrected chi connectivity index (χ2v) is 11.4. The van der Waals surface area contributed by atoms with Crippen LogP contribution in [0.4, 0.5) is 18.9 Å². The van der Waals surface area contributed by atoms with E-state index in [-0.39, 0.29) is 23.5 Å². The third-order valence-corrected chi connectivity index (χ3v) is 8.35. The lowest BCUT2D eigenvalue weighted by Crippen LogP contribution is -2.55. The summed E-state index contributed by atoms with van der Waals surface area (Å²) in [5, 5.41) is 4.34. The molecule has 5 nitrogen and oxygen atoms in total. The molecule has 10 heteroatoms. The van der Waals surface area contributed by atoms with Crippen molar-refractivity contribution >= 4 is 26.9 Å². The van der Waals surface area contributed by atoms with Gasteiger partial charge in [-0.15, -0.1) is 11.3 Å². The van der Waals surface area contributed by atoms with Gasteiger partial charge in [0.05, 0.1) is 17.0 Å². The third-order valence-electron chi connectivity index (χ3n) is 6.03. The molecule has 1 aromatic heterocycles. The van der Waals surface area contributed by atoms with Crippen molar-refractivity contribution in [1.82, 2.24) is 9.88 Å². The molecule has 1 N–H and O–H groups in total. The average molecular weight is 496 g/mol. The maximum Gasteiger partial charge on any atom is 0.189 e. The van der Waals surface area contributed by atoms with Gasteiger partial charge in [0.15, 0.2) is 9.84 Å². The number of sulfone groups is 1. The molecule has 2 heterocycles. The summed E-state index contributed by atoms with van der Waals surface area (Å²) < 4.78 is 69.0. The second-order valence-electron chi connectivity index (χ2n) is 8.72. The molecule has 176 valence electrons. The molecule has 1 fully saturated rings. The Morgan fingerprint density at radius 1 is 1.15 bits per heavy atom. The Labute approximate surface area is 195 Å². The molecule has 33 heavy (non-hydrogen) atoms. The van der Waals surface area contributed by atoms with Crippen LogP contribution in [0.3, 0.4) is 0 Å². The van der Waals surface area contributed by atoms with Crippen LogP contribution < -0.4 is 5.32 Å². The number of benzene rings is 2. The molecule has 2 aromatic carbocycles. The van der Waals surface area contributed by atoms with E-state index in [2.05, 4.69) is 29.0 Å². The fourth-order valence-corrected chi connectivity index (χ4v) is 5.96. The zero-order valence-electron chi connectivity index (χ0n) is 18.2. The first kappa shape index (κ1) is 23.7. The SMILES string of the molecule is CC1(C)CCN1Cc1cccc(F)c1CNc1cc(F)c(S(=O)(=O)Cc2cscn2)c(F)c1. The quantitative estimate of drug-likeness (QED) is 0.469. The van der Waals surface area contributed by atoms with Gasteiger partial charge in [-0.1, -0.05) is 12.1 Å². The Kier molecular flexibility index (Phi) is 6.52. The van der Waals surface area contributed by atoms with Crippen molar-refractivity contribution in [3.05, 3.63) is 75.5 Å². The summed E-state index contributed by atoms with van der Waals surface area (Å²) in [5.41, 5.74) is 2.93. The fraction of sp³-hybridized carbons (Fsp3) is 0.348. The predicted molar refractivity (Wildman–Crippen MR) is 122 cm³/mol. The lowest BCUT2D eigenvalue weighted by atomic mass is 9.88. The Hall–Kier alpha value is -2.43. The summed E-state index contributed by atoms with van der Waals surface area (Å²) in [6.45, 7) is 5.74. The van der Waals surface area contributed by atoms with Gasteiger partial charge in [0.2, 0.25) is 0 Å². The molecule has 0 unspecified atom stereocenters. The number of rotatable bonds is 8. The van der Waals surface area contributed by atoms with E-state index in [1.165, 1.54) is 28.3 Å².